The fourth-order valence-corrected chi connectivity index (χ4v) is 1.59. The Morgan fingerprint density at radius 2 is 2.12 bits per heavy atom. The molecule has 88 valence electrons. The van der Waals surface area contributed by atoms with Crippen molar-refractivity contribution in [2.45, 2.75) is 12.8 Å². The average Bonchev–Trinajstić information content (AvgIpc) is 2.34. The van der Waals surface area contributed by atoms with E-state index in [0.29, 0.717) is 28.2 Å². The molecule has 0 saturated heterocycles. The van der Waals surface area contributed by atoms with Crippen LogP contribution in [-0.2, 0) is 5.88 Å². The van der Waals surface area contributed by atoms with Gasteiger partial charge in [0.25, 0.3) is 0 Å². The minimum Gasteiger partial charge on any atom is -0.436 e. The molecule has 0 spiro atoms. The maximum absolute atomic E-state index is 6.02. The van der Waals surface area contributed by atoms with Crippen molar-refractivity contribution < 1.29 is 4.74 Å². The zero-order chi connectivity index (χ0) is 12.3. The topological polar surface area (TPSA) is 35.0 Å². The van der Waals surface area contributed by atoms with Crippen LogP contribution in [-0.4, -0.2) is 9.97 Å². The minimum absolute atomic E-state index is 0.297. The van der Waals surface area contributed by atoms with Gasteiger partial charge in [0.1, 0.15) is 5.75 Å². The molecule has 0 aliphatic rings. The second kappa shape index (κ2) is 5.34. The van der Waals surface area contributed by atoms with Gasteiger partial charge in [0, 0.05) is 6.20 Å². The molecule has 0 fully saturated rings. The fourth-order valence-electron chi connectivity index (χ4n) is 1.30. The lowest BCUT2D eigenvalue weighted by Crippen LogP contribution is -1.93. The third-order valence-electron chi connectivity index (χ3n) is 2.10. The molecule has 1 heterocycles. The second-order valence-electron chi connectivity index (χ2n) is 3.52. The Kier molecular flexibility index (Phi) is 3.82. The number of ether oxygens (including phenoxy) is 1. The molecule has 0 saturated carbocycles. The molecule has 0 N–H and O–H groups in total. The van der Waals surface area contributed by atoms with E-state index < -0.39 is 0 Å². The maximum atomic E-state index is 6.02. The summed E-state index contributed by atoms with van der Waals surface area (Å²) in [5.41, 5.74) is 1.72. The Morgan fingerprint density at radius 3 is 2.88 bits per heavy atom. The Balaban J connectivity index is 2.27. The molecule has 1 aromatic carbocycles. The Hall–Kier alpha value is -1.32. The highest BCUT2D eigenvalue weighted by Gasteiger charge is 2.05. The Morgan fingerprint density at radius 1 is 1.29 bits per heavy atom. The molecule has 0 amide bonds. The number of alkyl halides is 1. The summed E-state index contributed by atoms with van der Waals surface area (Å²) in [5, 5.41) is 0.536. The van der Waals surface area contributed by atoms with E-state index in [9.17, 15) is 0 Å². The molecule has 2 rings (SSSR count). The summed E-state index contributed by atoms with van der Waals surface area (Å²) in [4.78, 5) is 8.17. The predicted molar refractivity (Wildman–Crippen MR) is 67.9 cm³/mol. The van der Waals surface area contributed by atoms with Crippen LogP contribution in [0.25, 0.3) is 0 Å². The van der Waals surface area contributed by atoms with Gasteiger partial charge < -0.3 is 4.74 Å². The SMILES string of the molecule is Cc1ccc(Cl)c(Oc2cncc(CCl)n2)c1. The van der Waals surface area contributed by atoms with Crippen molar-refractivity contribution in [1.82, 2.24) is 9.97 Å². The molecule has 0 atom stereocenters. The van der Waals surface area contributed by atoms with Gasteiger partial charge in [0.05, 0.1) is 22.8 Å². The lowest BCUT2D eigenvalue weighted by molar-refractivity contribution is 0.458. The lowest BCUT2D eigenvalue weighted by Gasteiger charge is -2.07. The van der Waals surface area contributed by atoms with E-state index in [1.807, 2.05) is 19.1 Å². The van der Waals surface area contributed by atoms with Crippen LogP contribution in [0.3, 0.4) is 0 Å². The van der Waals surface area contributed by atoms with Gasteiger partial charge in [-0.3, -0.25) is 4.98 Å². The van der Waals surface area contributed by atoms with Crippen LogP contribution in [0.5, 0.6) is 11.6 Å². The van der Waals surface area contributed by atoms with Crippen LogP contribution in [0.1, 0.15) is 11.3 Å². The van der Waals surface area contributed by atoms with Crippen molar-refractivity contribution in [1.29, 1.82) is 0 Å². The first-order chi connectivity index (χ1) is 8.19. The van der Waals surface area contributed by atoms with Gasteiger partial charge in [-0.2, -0.15) is 0 Å². The molecule has 0 unspecified atom stereocenters. The summed E-state index contributed by atoms with van der Waals surface area (Å²) in [6.45, 7) is 1.96. The lowest BCUT2D eigenvalue weighted by atomic mass is 10.2. The zero-order valence-corrected chi connectivity index (χ0v) is 10.7. The maximum Gasteiger partial charge on any atom is 0.238 e. The van der Waals surface area contributed by atoms with Gasteiger partial charge >= 0.3 is 0 Å². The van der Waals surface area contributed by atoms with Gasteiger partial charge in [0.15, 0.2) is 0 Å². The summed E-state index contributed by atoms with van der Waals surface area (Å²) < 4.78 is 5.57. The largest absolute Gasteiger partial charge is 0.436 e. The standard InChI is InChI=1S/C12H10Cl2N2O/c1-8-2-3-10(14)11(4-8)17-12-7-15-6-9(5-13)16-12/h2-4,6-7H,5H2,1H3. The summed E-state index contributed by atoms with van der Waals surface area (Å²) in [6, 6.07) is 5.54. The van der Waals surface area contributed by atoms with Crippen molar-refractivity contribution in [3.63, 3.8) is 0 Å². The van der Waals surface area contributed by atoms with Gasteiger partial charge in [-0.1, -0.05) is 17.7 Å². The molecule has 0 radical (unpaired) electrons. The number of aromatic nitrogens is 2. The van der Waals surface area contributed by atoms with E-state index >= 15 is 0 Å². The highest BCUT2D eigenvalue weighted by Crippen LogP contribution is 2.29. The van der Waals surface area contributed by atoms with E-state index in [4.69, 9.17) is 27.9 Å². The summed E-state index contributed by atoms with van der Waals surface area (Å²) in [7, 11) is 0. The van der Waals surface area contributed by atoms with Gasteiger partial charge in [-0.25, -0.2) is 4.98 Å². The number of nitrogens with zero attached hydrogens (tertiary/aromatic N) is 2. The number of hydrogen-bond acceptors (Lipinski definition) is 3. The van der Waals surface area contributed by atoms with Crippen LogP contribution in [0.2, 0.25) is 5.02 Å². The summed E-state index contributed by atoms with van der Waals surface area (Å²) in [5.74, 6) is 1.24. The molecule has 17 heavy (non-hydrogen) atoms. The first kappa shape index (κ1) is 12.1. The number of aryl methyl sites for hydroxylation is 1. The van der Waals surface area contributed by atoms with Crippen molar-refractivity contribution >= 4 is 23.2 Å². The summed E-state index contributed by atoms with van der Waals surface area (Å²) >= 11 is 11.7. The van der Waals surface area contributed by atoms with E-state index in [1.165, 1.54) is 6.20 Å². The minimum atomic E-state index is 0.297. The van der Waals surface area contributed by atoms with E-state index in [0.717, 1.165) is 5.56 Å². The van der Waals surface area contributed by atoms with Crippen molar-refractivity contribution in [3.8, 4) is 11.6 Å². The molecule has 0 bridgehead atoms. The summed E-state index contributed by atoms with van der Waals surface area (Å²) in [6.07, 6.45) is 3.12. The number of benzene rings is 1. The fraction of sp³-hybridized carbons (Fsp3) is 0.167. The average molecular weight is 269 g/mol. The third-order valence-corrected chi connectivity index (χ3v) is 2.69. The Labute approximate surface area is 109 Å². The monoisotopic (exact) mass is 268 g/mol. The van der Waals surface area contributed by atoms with E-state index in [-0.39, 0.29) is 0 Å². The first-order valence-corrected chi connectivity index (χ1v) is 5.91. The van der Waals surface area contributed by atoms with Gasteiger partial charge in [-0.05, 0) is 24.6 Å². The smallest absolute Gasteiger partial charge is 0.238 e. The highest BCUT2D eigenvalue weighted by atomic mass is 35.5. The van der Waals surface area contributed by atoms with Crippen LogP contribution >= 0.6 is 23.2 Å². The van der Waals surface area contributed by atoms with Crippen LogP contribution in [0.15, 0.2) is 30.6 Å². The highest BCUT2D eigenvalue weighted by molar-refractivity contribution is 6.32. The van der Waals surface area contributed by atoms with Crippen LogP contribution in [0, 0.1) is 6.92 Å². The molecule has 2 aromatic rings. The first-order valence-electron chi connectivity index (χ1n) is 5.00. The predicted octanol–water partition coefficient (Wildman–Crippen LogP) is 3.97. The van der Waals surface area contributed by atoms with Crippen LogP contribution in [0.4, 0.5) is 0 Å². The quantitative estimate of drug-likeness (QED) is 0.791. The van der Waals surface area contributed by atoms with Crippen LogP contribution < -0.4 is 4.74 Å². The number of halogens is 2. The molecular weight excluding hydrogens is 259 g/mol. The van der Waals surface area contributed by atoms with Crippen molar-refractivity contribution in [2.24, 2.45) is 0 Å². The van der Waals surface area contributed by atoms with Crippen molar-refractivity contribution in [3.05, 3.63) is 46.9 Å². The molecule has 3 nitrogen and oxygen atoms in total. The van der Waals surface area contributed by atoms with Gasteiger partial charge in [-0.15, -0.1) is 11.6 Å². The molecule has 0 aliphatic carbocycles. The van der Waals surface area contributed by atoms with Crippen molar-refractivity contribution in [2.75, 3.05) is 0 Å². The molecule has 0 aliphatic heterocycles. The van der Waals surface area contributed by atoms with E-state index in [2.05, 4.69) is 9.97 Å². The van der Waals surface area contributed by atoms with Gasteiger partial charge in [0.2, 0.25) is 5.88 Å². The third kappa shape index (κ3) is 3.08. The molecule has 5 heteroatoms. The second-order valence-corrected chi connectivity index (χ2v) is 4.19. The Bertz CT molecular complexity index is 532. The van der Waals surface area contributed by atoms with E-state index in [1.54, 1.807) is 12.3 Å². The number of rotatable bonds is 3. The molecular formula is C12H10Cl2N2O. The normalized spacial score (nSPS) is 10.3. The molecule has 1 aromatic heterocycles. The number of hydrogen-bond donors (Lipinski definition) is 0. The zero-order valence-electron chi connectivity index (χ0n) is 9.15.